The molecule has 2 aromatic heterocycles. The zero-order valence-corrected chi connectivity index (χ0v) is 16.9. The minimum absolute atomic E-state index is 0. The van der Waals surface area contributed by atoms with Crippen LogP contribution >= 0.6 is 15.9 Å². The number of halogens is 1. The lowest BCUT2D eigenvalue weighted by Crippen LogP contribution is -2.32. The number of rotatable bonds is 5. The van der Waals surface area contributed by atoms with Gasteiger partial charge in [-0.3, -0.25) is 4.79 Å². The molecule has 0 spiro atoms. The first-order valence-electron chi connectivity index (χ1n) is 9.50. The van der Waals surface area contributed by atoms with Gasteiger partial charge in [-0.2, -0.15) is 0 Å². The number of nitrogens with zero attached hydrogens (tertiary/aromatic N) is 4. The van der Waals surface area contributed by atoms with Gasteiger partial charge < -0.3 is 15.5 Å². The monoisotopic (exact) mass is 433 g/mol. The largest absolute Gasteiger partial charge is 0.383 e. The topological polar surface area (TPSA) is 75.3 Å². The molecular weight excluding hydrogens is 406 g/mol. The van der Waals surface area contributed by atoms with Gasteiger partial charge in [0.05, 0.1) is 5.56 Å². The van der Waals surface area contributed by atoms with E-state index in [0.717, 1.165) is 48.8 Å². The molecule has 1 aliphatic heterocycles. The van der Waals surface area contributed by atoms with Crippen LogP contribution in [0.25, 0.3) is 0 Å². The van der Waals surface area contributed by atoms with Crippen LogP contribution in [0.3, 0.4) is 0 Å². The molecule has 2 fully saturated rings. The third-order valence-corrected chi connectivity index (χ3v) is 5.66. The van der Waals surface area contributed by atoms with Crippen LogP contribution in [-0.4, -0.2) is 53.4 Å². The van der Waals surface area contributed by atoms with Crippen molar-refractivity contribution in [1.29, 1.82) is 0 Å². The van der Waals surface area contributed by atoms with E-state index in [9.17, 15) is 4.79 Å². The lowest BCUT2D eigenvalue weighted by Gasteiger charge is -2.23. The van der Waals surface area contributed by atoms with Crippen LogP contribution in [0, 0.1) is 5.92 Å². The van der Waals surface area contributed by atoms with Crippen LogP contribution in [0.4, 0.5) is 11.6 Å². The second-order valence-electron chi connectivity index (χ2n) is 7.38. The Balaban J connectivity index is 0.00000150. The molecule has 1 aliphatic carbocycles. The molecule has 6 nitrogen and oxygen atoms in total. The van der Waals surface area contributed by atoms with E-state index in [-0.39, 0.29) is 14.5 Å². The number of ketones is 1. The summed E-state index contributed by atoms with van der Waals surface area (Å²) in [6.07, 6.45) is 5.48. The molecule has 7 heteroatoms. The van der Waals surface area contributed by atoms with Gasteiger partial charge in [0.25, 0.3) is 0 Å². The van der Waals surface area contributed by atoms with Crippen LogP contribution < -0.4 is 10.6 Å². The van der Waals surface area contributed by atoms with Gasteiger partial charge in [-0.1, -0.05) is 6.07 Å². The molecule has 1 saturated carbocycles. The summed E-state index contributed by atoms with van der Waals surface area (Å²) < 4.78 is 0.722. The van der Waals surface area contributed by atoms with E-state index in [1.165, 1.54) is 19.4 Å². The number of nitrogens with two attached hydrogens (primary N) is 1. The molecule has 2 aliphatic rings. The molecule has 2 aromatic rings. The van der Waals surface area contributed by atoms with Crippen molar-refractivity contribution in [3.05, 3.63) is 46.2 Å². The number of carbonyl (C=O) groups excluding carboxylic acids is 1. The van der Waals surface area contributed by atoms with E-state index in [1.54, 1.807) is 18.3 Å². The molecule has 0 bridgehead atoms. The standard InChI is InChI=1S/C20H24BrN5O.2H2/c21-15-11-16(20(22)23-12-15)19(27)17-3-1-4-18(24-17)26-8-2-7-25(9-10-26)13-14-5-6-14;;/h1,3-4,11-12,14H,2,5-10,13H2,(H2,22,23);2*1H. The summed E-state index contributed by atoms with van der Waals surface area (Å²) >= 11 is 3.35. The number of aromatic nitrogens is 2. The third kappa shape index (κ3) is 4.47. The average Bonchev–Trinajstić information content (AvgIpc) is 3.51. The highest BCUT2D eigenvalue weighted by Crippen LogP contribution is 2.30. The van der Waals surface area contributed by atoms with Gasteiger partial charge in [-0.05, 0) is 65.9 Å². The summed E-state index contributed by atoms with van der Waals surface area (Å²) in [6.45, 7) is 5.34. The molecule has 0 aromatic carbocycles. The molecule has 0 unspecified atom stereocenters. The van der Waals surface area contributed by atoms with E-state index >= 15 is 0 Å². The Morgan fingerprint density at radius 2 is 2.11 bits per heavy atom. The quantitative estimate of drug-likeness (QED) is 0.727. The highest BCUT2D eigenvalue weighted by Gasteiger charge is 2.26. The molecule has 2 N–H and O–H groups in total. The SMILES string of the molecule is Nc1ncc(Br)cc1C(=O)c1cccc(N2CCCN(CC3CC3)CC2)n1.[HH].[HH]. The maximum atomic E-state index is 12.9. The van der Waals surface area contributed by atoms with Crippen molar-refractivity contribution in [2.75, 3.05) is 43.4 Å². The minimum atomic E-state index is -0.201. The highest BCUT2D eigenvalue weighted by atomic mass is 79.9. The Bertz CT molecular complexity index is 849. The number of carbonyl (C=O) groups is 1. The van der Waals surface area contributed by atoms with Crippen LogP contribution in [0.2, 0.25) is 0 Å². The van der Waals surface area contributed by atoms with Crippen LogP contribution in [-0.2, 0) is 0 Å². The summed E-state index contributed by atoms with van der Waals surface area (Å²) in [6, 6.07) is 7.31. The first-order valence-corrected chi connectivity index (χ1v) is 10.3. The molecule has 27 heavy (non-hydrogen) atoms. The normalized spacial score (nSPS) is 18.3. The minimum Gasteiger partial charge on any atom is -0.383 e. The fraction of sp³-hybridized carbons (Fsp3) is 0.450. The Morgan fingerprint density at radius 3 is 2.93 bits per heavy atom. The number of pyridine rings is 2. The lowest BCUT2D eigenvalue weighted by molar-refractivity contribution is 0.103. The Morgan fingerprint density at radius 1 is 1.26 bits per heavy atom. The second-order valence-corrected chi connectivity index (χ2v) is 8.30. The summed E-state index contributed by atoms with van der Waals surface area (Å²) in [5, 5.41) is 0. The molecule has 4 rings (SSSR count). The van der Waals surface area contributed by atoms with Gasteiger partial charge in [0.1, 0.15) is 17.3 Å². The van der Waals surface area contributed by atoms with E-state index in [4.69, 9.17) is 5.73 Å². The van der Waals surface area contributed by atoms with Gasteiger partial charge in [0.15, 0.2) is 0 Å². The molecule has 0 amide bonds. The van der Waals surface area contributed by atoms with Crippen molar-refractivity contribution in [3.8, 4) is 0 Å². The van der Waals surface area contributed by atoms with Crippen LogP contribution in [0.15, 0.2) is 34.9 Å². The van der Waals surface area contributed by atoms with E-state index < -0.39 is 0 Å². The van der Waals surface area contributed by atoms with Crippen molar-refractivity contribution < 1.29 is 7.65 Å². The maximum Gasteiger partial charge on any atom is 0.215 e. The van der Waals surface area contributed by atoms with E-state index in [0.29, 0.717) is 11.3 Å². The number of hydrogen-bond donors (Lipinski definition) is 1. The van der Waals surface area contributed by atoms with Crippen molar-refractivity contribution in [3.63, 3.8) is 0 Å². The first-order chi connectivity index (χ1) is 13.1. The van der Waals surface area contributed by atoms with Gasteiger partial charge >= 0.3 is 0 Å². The molecule has 3 heterocycles. The van der Waals surface area contributed by atoms with E-state index in [2.05, 4.69) is 35.7 Å². The summed E-state index contributed by atoms with van der Waals surface area (Å²) in [4.78, 5) is 26.4. The highest BCUT2D eigenvalue weighted by molar-refractivity contribution is 9.10. The Kier molecular flexibility index (Phi) is 5.41. The molecule has 0 atom stereocenters. The predicted molar refractivity (Wildman–Crippen MR) is 114 cm³/mol. The molecule has 0 radical (unpaired) electrons. The average molecular weight is 434 g/mol. The van der Waals surface area contributed by atoms with Gasteiger partial charge in [-0.15, -0.1) is 0 Å². The molecule has 146 valence electrons. The van der Waals surface area contributed by atoms with Crippen molar-refractivity contribution in [2.24, 2.45) is 5.92 Å². The lowest BCUT2D eigenvalue weighted by atomic mass is 10.1. The smallest absolute Gasteiger partial charge is 0.215 e. The predicted octanol–water partition coefficient (Wildman–Crippen LogP) is 3.47. The zero-order valence-electron chi connectivity index (χ0n) is 15.3. The summed E-state index contributed by atoms with van der Waals surface area (Å²) in [5.41, 5.74) is 6.67. The van der Waals surface area contributed by atoms with Crippen molar-refractivity contribution in [1.82, 2.24) is 14.9 Å². The van der Waals surface area contributed by atoms with E-state index in [1.807, 2.05) is 12.1 Å². The number of nitrogen functional groups attached to an aromatic ring is 1. The van der Waals surface area contributed by atoms with Gasteiger partial charge in [0, 0.05) is 39.7 Å². The van der Waals surface area contributed by atoms with Gasteiger partial charge in [0.2, 0.25) is 5.78 Å². The Hall–Kier alpha value is -1.99. The van der Waals surface area contributed by atoms with Crippen molar-refractivity contribution in [2.45, 2.75) is 19.3 Å². The zero-order chi connectivity index (χ0) is 18.8. The Labute approximate surface area is 170 Å². The third-order valence-electron chi connectivity index (χ3n) is 5.22. The summed E-state index contributed by atoms with van der Waals surface area (Å²) in [5.74, 6) is 1.80. The summed E-state index contributed by atoms with van der Waals surface area (Å²) in [7, 11) is 0. The fourth-order valence-electron chi connectivity index (χ4n) is 3.54. The first kappa shape index (κ1) is 18.4. The number of hydrogen-bond acceptors (Lipinski definition) is 6. The fourth-order valence-corrected chi connectivity index (χ4v) is 3.88. The van der Waals surface area contributed by atoms with Gasteiger partial charge in [-0.25, -0.2) is 9.97 Å². The maximum absolute atomic E-state index is 12.9. The second kappa shape index (κ2) is 7.94. The van der Waals surface area contributed by atoms with Crippen LogP contribution in [0.1, 0.15) is 38.2 Å². The van der Waals surface area contributed by atoms with Crippen LogP contribution in [0.5, 0.6) is 0 Å². The number of anilines is 2. The van der Waals surface area contributed by atoms with Crippen molar-refractivity contribution >= 4 is 33.3 Å². The molecule has 1 saturated heterocycles. The molecular formula is C20H28BrN5O.